The summed E-state index contributed by atoms with van der Waals surface area (Å²) in [6, 6.07) is 20.9. The molecule has 3 heterocycles. The van der Waals surface area contributed by atoms with Gasteiger partial charge in [-0.3, -0.25) is 4.99 Å². The fourth-order valence-corrected chi connectivity index (χ4v) is 4.85. The largest absolute Gasteiger partial charge is 0.347 e. The highest BCUT2D eigenvalue weighted by molar-refractivity contribution is 5.85. The molecular formula is C25H25Cl2N5O. The molecule has 33 heavy (non-hydrogen) atoms. The second-order valence-electron chi connectivity index (χ2n) is 8.65. The van der Waals surface area contributed by atoms with Crippen LogP contribution < -0.4 is 22.0 Å². The first-order valence-electron chi connectivity index (χ1n) is 10.7. The number of fused-ring (bicyclic) bond motifs is 3. The fourth-order valence-electron chi connectivity index (χ4n) is 4.85. The molecule has 3 N–H and O–H groups in total. The summed E-state index contributed by atoms with van der Waals surface area (Å²) in [5.41, 5.74) is 10.3. The Morgan fingerprint density at radius 3 is 2.36 bits per heavy atom. The lowest BCUT2D eigenvalue weighted by molar-refractivity contribution is 0.253. The molecule has 1 saturated carbocycles. The fraction of sp³-hybridized carbons (Fsp3) is 0.240. The van der Waals surface area contributed by atoms with E-state index >= 15 is 0 Å². The van der Waals surface area contributed by atoms with Crippen LogP contribution in [0.3, 0.4) is 0 Å². The van der Waals surface area contributed by atoms with Crippen LogP contribution in [0.5, 0.6) is 0 Å². The first-order chi connectivity index (χ1) is 15.1. The van der Waals surface area contributed by atoms with Crippen molar-refractivity contribution in [3.63, 3.8) is 0 Å². The number of halogens is 2. The molecule has 170 valence electrons. The molecule has 8 heteroatoms. The van der Waals surface area contributed by atoms with Gasteiger partial charge < -0.3 is 5.73 Å². The predicted molar refractivity (Wildman–Crippen MR) is 134 cm³/mol. The topological polar surface area (TPSA) is 88.5 Å². The molecule has 2 atom stereocenters. The van der Waals surface area contributed by atoms with Crippen LogP contribution in [0.1, 0.15) is 47.9 Å². The van der Waals surface area contributed by atoms with Gasteiger partial charge in [-0.1, -0.05) is 60.7 Å². The van der Waals surface area contributed by atoms with Crippen molar-refractivity contribution in [2.45, 2.75) is 36.8 Å². The Kier molecular flexibility index (Phi) is 6.18. The summed E-state index contributed by atoms with van der Waals surface area (Å²) in [6.45, 7) is 0. The quantitative estimate of drug-likeness (QED) is 0.470. The number of pyridine rings is 1. The summed E-state index contributed by atoms with van der Waals surface area (Å²) >= 11 is 0. The highest BCUT2D eigenvalue weighted by Crippen LogP contribution is 2.40. The summed E-state index contributed by atoms with van der Waals surface area (Å²) in [5, 5.41) is 8.51. The number of nitrogens with two attached hydrogens (primary N) is 1. The predicted octanol–water partition coefficient (Wildman–Crippen LogP) is 3.14. The third-order valence-corrected chi connectivity index (χ3v) is 6.82. The normalized spacial score (nSPS) is 20.3. The van der Waals surface area contributed by atoms with Crippen molar-refractivity contribution >= 4 is 36.5 Å². The number of aromatic amines is 1. The highest BCUT2D eigenvalue weighted by Gasteiger charge is 2.34. The lowest BCUT2D eigenvalue weighted by atomic mass is 9.72. The van der Waals surface area contributed by atoms with Crippen LogP contribution in [-0.2, 0) is 5.54 Å². The summed E-state index contributed by atoms with van der Waals surface area (Å²) in [4.78, 5) is 17.2. The Morgan fingerprint density at radius 1 is 0.970 bits per heavy atom. The number of aromatic nitrogens is 3. The standard InChI is InChI=1S/C25H23N5O.2ClH/c26-25(12-4-13-25)18-9-7-17(8-10-18)22-19(16-5-2-1-3-6-16)15-20-21(27-22)11-14-30-23(20)28-29-24(30)31;;/h1-3,5-11,14-15,19,22H,4,12-13,26H2,(H,29,31);2*1H. The minimum atomic E-state index is -0.244. The van der Waals surface area contributed by atoms with E-state index in [1.807, 2.05) is 24.3 Å². The lowest BCUT2D eigenvalue weighted by Crippen LogP contribution is -2.43. The Bertz CT molecular complexity index is 1460. The summed E-state index contributed by atoms with van der Waals surface area (Å²) < 4.78 is 1.53. The molecule has 0 saturated heterocycles. The number of hydrogen-bond donors (Lipinski definition) is 2. The third kappa shape index (κ3) is 3.78. The Balaban J connectivity index is 0.00000130. The van der Waals surface area contributed by atoms with Gasteiger partial charge in [0.15, 0.2) is 5.65 Å². The van der Waals surface area contributed by atoms with Crippen LogP contribution in [0.2, 0.25) is 0 Å². The molecule has 1 aliphatic heterocycles. The summed E-state index contributed by atoms with van der Waals surface area (Å²) in [7, 11) is 0. The van der Waals surface area contributed by atoms with Gasteiger partial charge in [-0.05, 0) is 42.0 Å². The van der Waals surface area contributed by atoms with Crippen LogP contribution in [0.25, 0.3) is 11.7 Å². The van der Waals surface area contributed by atoms with Crippen LogP contribution in [-0.4, -0.2) is 14.6 Å². The van der Waals surface area contributed by atoms with Crippen molar-refractivity contribution in [2.75, 3.05) is 0 Å². The van der Waals surface area contributed by atoms with E-state index in [-0.39, 0.29) is 48.0 Å². The molecule has 6 nitrogen and oxygen atoms in total. The zero-order chi connectivity index (χ0) is 21.0. The summed E-state index contributed by atoms with van der Waals surface area (Å²) in [6.07, 6.45) is 7.22. The number of H-pyrrole nitrogens is 1. The van der Waals surface area contributed by atoms with Crippen LogP contribution in [0, 0.1) is 0 Å². The molecule has 0 amide bonds. The Hall–Kier alpha value is -2.93. The van der Waals surface area contributed by atoms with Gasteiger partial charge in [0.25, 0.3) is 0 Å². The van der Waals surface area contributed by atoms with Gasteiger partial charge in [-0.2, -0.15) is 5.10 Å². The molecule has 6 rings (SSSR count). The van der Waals surface area contributed by atoms with Gasteiger partial charge in [0, 0.05) is 22.9 Å². The minimum absolute atomic E-state index is 0. The van der Waals surface area contributed by atoms with Crippen molar-refractivity contribution in [1.82, 2.24) is 14.6 Å². The molecule has 1 fully saturated rings. The second-order valence-corrected chi connectivity index (χ2v) is 8.65. The van der Waals surface area contributed by atoms with Gasteiger partial charge in [0.2, 0.25) is 0 Å². The van der Waals surface area contributed by atoms with Crippen LogP contribution in [0.4, 0.5) is 0 Å². The summed E-state index contributed by atoms with van der Waals surface area (Å²) in [5.74, 6) is 0.0353. The second kappa shape index (κ2) is 8.78. The van der Waals surface area contributed by atoms with Crippen molar-refractivity contribution < 1.29 is 0 Å². The maximum atomic E-state index is 12.0. The first-order valence-corrected chi connectivity index (χ1v) is 10.7. The average Bonchev–Trinajstić information content (AvgIpc) is 3.18. The number of nitrogens with one attached hydrogen (secondary N) is 1. The maximum absolute atomic E-state index is 12.0. The van der Waals surface area contributed by atoms with Crippen molar-refractivity contribution in [3.8, 4) is 0 Å². The molecule has 2 aliphatic rings. The van der Waals surface area contributed by atoms with Crippen molar-refractivity contribution in [1.29, 1.82) is 0 Å². The Labute approximate surface area is 203 Å². The van der Waals surface area contributed by atoms with E-state index in [0.29, 0.717) is 5.65 Å². The number of nitrogens with zero attached hydrogens (tertiary/aromatic N) is 3. The average molecular weight is 482 g/mol. The molecule has 4 aromatic rings. The molecule has 0 spiro atoms. The van der Waals surface area contributed by atoms with E-state index in [9.17, 15) is 4.79 Å². The van der Waals surface area contributed by atoms with E-state index < -0.39 is 0 Å². The van der Waals surface area contributed by atoms with Gasteiger partial charge >= 0.3 is 5.69 Å². The molecule has 2 aromatic heterocycles. The van der Waals surface area contributed by atoms with E-state index in [0.717, 1.165) is 29.0 Å². The van der Waals surface area contributed by atoms with Crippen molar-refractivity contribution in [3.05, 3.63) is 105 Å². The minimum Gasteiger partial charge on any atom is -0.321 e. The van der Waals surface area contributed by atoms with Gasteiger partial charge in [0.05, 0.1) is 11.4 Å². The molecule has 0 radical (unpaired) electrons. The van der Waals surface area contributed by atoms with Crippen LogP contribution >= 0.6 is 24.8 Å². The molecule has 1 aliphatic carbocycles. The van der Waals surface area contributed by atoms with Crippen molar-refractivity contribution in [2.24, 2.45) is 10.7 Å². The number of benzene rings is 2. The molecule has 0 bridgehead atoms. The zero-order valence-electron chi connectivity index (χ0n) is 17.8. The van der Waals surface area contributed by atoms with E-state index in [1.54, 1.807) is 6.20 Å². The van der Waals surface area contributed by atoms with Crippen LogP contribution in [0.15, 0.2) is 76.6 Å². The smallest absolute Gasteiger partial charge is 0.321 e. The van der Waals surface area contributed by atoms with Gasteiger partial charge in [-0.25, -0.2) is 14.3 Å². The molecule has 2 unspecified atom stereocenters. The lowest BCUT2D eigenvalue weighted by Gasteiger charge is -2.38. The SMILES string of the molecule is Cl.Cl.NC1(c2ccc(C3N=c4ccn5c(=O)[nH]nc5c4=CC3c3ccccc3)cc2)CCC1. The maximum Gasteiger partial charge on any atom is 0.347 e. The van der Waals surface area contributed by atoms with E-state index in [1.165, 1.54) is 21.9 Å². The van der Waals surface area contributed by atoms with E-state index in [2.05, 4.69) is 52.7 Å². The van der Waals surface area contributed by atoms with Gasteiger partial charge in [-0.15, -0.1) is 24.8 Å². The van der Waals surface area contributed by atoms with Gasteiger partial charge in [0.1, 0.15) is 0 Å². The highest BCUT2D eigenvalue weighted by atomic mass is 35.5. The molecular weight excluding hydrogens is 457 g/mol. The number of hydrogen-bond acceptors (Lipinski definition) is 4. The first kappa shape index (κ1) is 23.2. The molecule has 2 aromatic carbocycles. The zero-order valence-corrected chi connectivity index (χ0v) is 19.5. The van der Waals surface area contributed by atoms with E-state index in [4.69, 9.17) is 10.7 Å². The Morgan fingerprint density at radius 2 is 1.70 bits per heavy atom. The number of rotatable bonds is 3. The third-order valence-electron chi connectivity index (χ3n) is 6.82. The monoisotopic (exact) mass is 481 g/mol.